The number of aromatic amines is 1. The maximum atomic E-state index is 13.1. The molecule has 0 unspecified atom stereocenters. The maximum Gasteiger partial charge on any atom is 0.411 e. The highest BCUT2D eigenvalue weighted by molar-refractivity contribution is 6.33. The first-order chi connectivity index (χ1) is 11.7. The summed E-state index contributed by atoms with van der Waals surface area (Å²) in [7, 11) is 0. The van der Waals surface area contributed by atoms with E-state index in [1.807, 2.05) is 5.32 Å². The molecule has 1 saturated carbocycles. The lowest BCUT2D eigenvalue weighted by Gasteiger charge is -2.43. The van der Waals surface area contributed by atoms with E-state index in [9.17, 15) is 22.8 Å². The minimum absolute atomic E-state index is 0.0365. The Morgan fingerprint density at radius 2 is 2.20 bits per heavy atom. The zero-order chi connectivity index (χ0) is 18.2. The third-order valence-corrected chi connectivity index (χ3v) is 4.99. The molecule has 1 amide bonds. The quantitative estimate of drug-likeness (QED) is 0.839. The lowest BCUT2D eigenvalue weighted by atomic mass is 9.76. The minimum Gasteiger partial charge on any atom is -0.444 e. The summed E-state index contributed by atoms with van der Waals surface area (Å²) in [6.45, 7) is 0.657. The fraction of sp³-hybridized carbons (Fsp3) is 0.643. The first kappa shape index (κ1) is 17.8. The van der Waals surface area contributed by atoms with Crippen molar-refractivity contribution >= 4 is 23.4 Å². The molecule has 0 aromatic carbocycles. The topological polar surface area (TPSA) is 87.3 Å². The fourth-order valence-corrected chi connectivity index (χ4v) is 3.23. The summed E-state index contributed by atoms with van der Waals surface area (Å²) in [5.74, 6) is 0. The number of hydrogen-bond donors (Lipinski definition) is 2. The van der Waals surface area contributed by atoms with E-state index in [2.05, 4.69) is 10.2 Å². The predicted octanol–water partition coefficient (Wildman–Crippen LogP) is 2.21. The molecule has 1 atom stereocenters. The Morgan fingerprint density at radius 1 is 1.48 bits per heavy atom. The van der Waals surface area contributed by atoms with Crippen molar-refractivity contribution in [2.24, 2.45) is 0 Å². The molecule has 2 heterocycles. The van der Waals surface area contributed by atoms with Crippen LogP contribution >= 0.6 is 11.6 Å². The van der Waals surface area contributed by atoms with Crippen LogP contribution in [0.4, 0.5) is 23.7 Å². The van der Waals surface area contributed by atoms with E-state index in [0.717, 1.165) is 0 Å². The molecule has 1 saturated heterocycles. The van der Waals surface area contributed by atoms with Crippen LogP contribution in [-0.2, 0) is 4.74 Å². The molecule has 2 aliphatic rings. The number of carbonyl (C=O) groups is 1. The van der Waals surface area contributed by atoms with Crippen molar-refractivity contribution in [2.75, 3.05) is 18.0 Å². The number of rotatable bonds is 3. The zero-order valence-corrected chi connectivity index (χ0v) is 13.8. The van der Waals surface area contributed by atoms with Gasteiger partial charge in [-0.05, 0) is 19.3 Å². The number of amides is 1. The van der Waals surface area contributed by atoms with Crippen LogP contribution < -0.4 is 15.8 Å². The first-order valence-electron chi connectivity index (χ1n) is 7.75. The smallest absolute Gasteiger partial charge is 0.411 e. The number of nitrogens with zero attached hydrogens (tertiary/aromatic N) is 2. The maximum absolute atomic E-state index is 13.1. The normalized spacial score (nSPS) is 22.4. The first-order valence-corrected chi connectivity index (χ1v) is 8.13. The van der Waals surface area contributed by atoms with E-state index in [1.165, 1.54) is 6.20 Å². The third kappa shape index (κ3) is 3.39. The average molecular weight is 381 g/mol. The number of halogens is 4. The van der Waals surface area contributed by atoms with E-state index in [4.69, 9.17) is 16.3 Å². The molecule has 1 aliphatic carbocycles. The summed E-state index contributed by atoms with van der Waals surface area (Å²) >= 11 is 5.92. The van der Waals surface area contributed by atoms with Gasteiger partial charge >= 0.3 is 12.3 Å². The molecule has 7 nitrogen and oxygen atoms in total. The molecule has 2 N–H and O–H groups in total. The summed E-state index contributed by atoms with van der Waals surface area (Å²) < 4.78 is 44.3. The number of anilines is 1. The van der Waals surface area contributed by atoms with E-state index in [0.29, 0.717) is 25.1 Å². The summed E-state index contributed by atoms with van der Waals surface area (Å²) in [6.07, 6.45) is -4.28. The molecule has 3 rings (SSSR count). The van der Waals surface area contributed by atoms with E-state index < -0.39 is 29.5 Å². The van der Waals surface area contributed by atoms with Crippen LogP contribution in [0.1, 0.15) is 25.7 Å². The SMILES string of the molecule is O=C(NC1(C(F)(F)F)CCC1)O[C@@H]1CCN(c2cn[nH]c(=O)c2Cl)C1. The van der Waals surface area contributed by atoms with Gasteiger partial charge in [-0.2, -0.15) is 18.3 Å². The predicted molar refractivity (Wildman–Crippen MR) is 82.7 cm³/mol. The Balaban J connectivity index is 1.59. The molecule has 138 valence electrons. The van der Waals surface area contributed by atoms with Crippen molar-refractivity contribution in [3.63, 3.8) is 0 Å². The van der Waals surface area contributed by atoms with Gasteiger partial charge in [0.15, 0.2) is 0 Å². The molecule has 11 heteroatoms. The van der Waals surface area contributed by atoms with Gasteiger partial charge in [0.25, 0.3) is 5.56 Å². The summed E-state index contributed by atoms with van der Waals surface area (Å²) in [5, 5.41) is 7.79. The highest BCUT2D eigenvalue weighted by Gasteiger charge is 2.59. The lowest BCUT2D eigenvalue weighted by molar-refractivity contribution is -0.216. The number of carbonyl (C=O) groups excluding carboxylic acids is 1. The molecule has 0 radical (unpaired) electrons. The molecule has 1 aromatic rings. The second-order valence-electron chi connectivity index (χ2n) is 6.22. The van der Waals surface area contributed by atoms with Gasteiger partial charge in [-0.3, -0.25) is 4.79 Å². The standard InChI is InChI=1S/C14H16ClF3N4O3/c15-10-9(6-19-21-11(10)23)22-5-2-8(7-22)25-12(24)20-13(3-1-4-13)14(16,17)18/h6,8H,1-5,7H2,(H,20,24)(H,21,23)/t8-/m1/s1. The van der Waals surface area contributed by atoms with Gasteiger partial charge in [0.05, 0.1) is 18.4 Å². The molecule has 2 fully saturated rings. The lowest BCUT2D eigenvalue weighted by Crippen LogP contribution is -2.63. The largest absolute Gasteiger partial charge is 0.444 e. The summed E-state index contributed by atoms with van der Waals surface area (Å²) in [6, 6.07) is 0. The second kappa shape index (κ2) is 6.40. The van der Waals surface area contributed by atoms with Gasteiger partial charge in [-0.25, -0.2) is 9.89 Å². The molecule has 25 heavy (non-hydrogen) atoms. The van der Waals surface area contributed by atoms with Gasteiger partial charge in [0.2, 0.25) is 0 Å². The van der Waals surface area contributed by atoms with Crippen LogP contribution in [-0.4, -0.2) is 47.2 Å². The van der Waals surface area contributed by atoms with Crippen molar-refractivity contribution in [3.8, 4) is 0 Å². The molecule has 1 aromatic heterocycles. The molecular formula is C14H16ClF3N4O3. The van der Waals surface area contributed by atoms with E-state index >= 15 is 0 Å². The Hall–Kier alpha value is -1.97. The minimum atomic E-state index is -4.50. The molecule has 0 bridgehead atoms. The second-order valence-corrected chi connectivity index (χ2v) is 6.60. The Labute approximate surface area is 145 Å². The number of aromatic nitrogens is 2. The number of alkyl halides is 3. The number of hydrogen-bond acceptors (Lipinski definition) is 5. The van der Waals surface area contributed by atoms with Gasteiger partial charge in [0, 0.05) is 13.0 Å². The van der Waals surface area contributed by atoms with Crippen molar-refractivity contribution in [1.29, 1.82) is 0 Å². The van der Waals surface area contributed by atoms with Crippen molar-refractivity contribution in [3.05, 3.63) is 21.6 Å². The van der Waals surface area contributed by atoms with Crippen LogP contribution in [0.25, 0.3) is 0 Å². The van der Waals surface area contributed by atoms with Crippen LogP contribution in [0.3, 0.4) is 0 Å². The van der Waals surface area contributed by atoms with Gasteiger partial charge in [-0.1, -0.05) is 11.6 Å². The summed E-state index contributed by atoms with van der Waals surface area (Å²) in [5.41, 5.74) is -2.33. The van der Waals surface area contributed by atoms with Gasteiger partial charge < -0.3 is 15.0 Å². The van der Waals surface area contributed by atoms with Crippen molar-refractivity contribution < 1.29 is 22.7 Å². The number of ether oxygens (including phenoxy) is 1. The number of nitrogens with one attached hydrogen (secondary N) is 2. The Morgan fingerprint density at radius 3 is 2.80 bits per heavy atom. The highest BCUT2D eigenvalue weighted by Crippen LogP contribution is 2.45. The van der Waals surface area contributed by atoms with Gasteiger partial charge in [-0.15, -0.1) is 0 Å². The van der Waals surface area contributed by atoms with Crippen LogP contribution in [0, 0.1) is 0 Å². The van der Waals surface area contributed by atoms with Crippen molar-refractivity contribution in [1.82, 2.24) is 15.5 Å². The Kier molecular flexibility index (Phi) is 4.56. The van der Waals surface area contributed by atoms with Gasteiger partial charge in [0.1, 0.15) is 16.7 Å². The Bertz CT molecular complexity index is 720. The number of H-pyrrole nitrogens is 1. The van der Waals surface area contributed by atoms with Crippen LogP contribution in [0.5, 0.6) is 0 Å². The number of alkyl carbamates (subject to hydrolysis) is 1. The third-order valence-electron chi connectivity index (χ3n) is 4.63. The molecule has 0 spiro atoms. The van der Waals surface area contributed by atoms with E-state index in [-0.39, 0.29) is 24.4 Å². The van der Waals surface area contributed by atoms with Crippen molar-refractivity contribution in [2.45, 2.75) is 43.5 Å². The van der Waals surface area contributed by atoms with E-state index in [1.54, 1.807) is 4.90 Å². The monoisotopic (exact) mass is 380 g/mol. The molecule has 1 aliphatic heterocycles. The zero-order valence-electron chi connectivity index (χ0n) is 13.0. The molecular weight excluding hydrogens is 365 g/mol. The van der Waals surface area contributed by atoms with Crippen LogP contribution in [0.2, 0.25) is 5.02 Å². The average Bonchev–Trinajstić information content (AvgIpc) is 2.92. The summed E-state index contributed by atoms with van der Waals surface area (Å²) in [4.78, 5) is 25.0. The fourth-order valence-electron chi connectivity index (χ4n) is 3.02. The highest BCUT2D eigenvalue weighted by atomic mass is 35.5. The van der Waals surface area contributed by atoms with Crippen LogP contribution in [0.15, 0.2) is 11.0 Å².